The van der Waals surface area contributed by atoms with Crippen molar-refractivity contribution in [3.8, 4) is 0 Å². The standard InChI is InChI=1S/C4H7Br2F3OSi/c5-3(6)2(10-11)1-4(7,8)9/h2-3H,1H2,11H3. The third-order valence-electron chi connectivity index (χ3n) is 1.02. The van der Waals surface area contributed by atoms with E-state index in [2.05, 4.69) is 31.9 Å². The SMILES string of the molecule is FC(F)(F)CC(O[SiH3])C(Br)Br. The molecule has 0 saturated heterocycles. The number of hydrogen-bond acceptors (Lipinski definition) is 1. The predicted octanol–water partition coefficient (Wildman–Crippen LogP) is 1.72. The summed E-state index contributed by atoms with van der Waals surface area (Å²) in [5.74, 6) is 0. The second kappa shape index (κ2) is 4.83. The minimum absolute atomic E-state index is 0.303. The van der Waals surface area contributed by atoms with Crippen LogP contribution in [-0.2, 0) is 4.43 Å². The van der Waals surface area contributed by atoms with E-state index < -0.39 is 22.4 Å². The van der Waals surface area contributed by atoms with Gasteiger partial charge in [-0.1, -0.05) is 31.9 Å². The van der Waals surface area contributed by atoms with Gasteiger partial charge in [0, 0.05) is 0 Å². The average Bonchev–Trinajstić information content (AvgIpc) is 1.80. The first-order valence-electron chi connectivity index (χ1n) is 2.74. The van der Waals surface area contributed by atoms with Crippen molar-refractivity contribution in [2.24, 2.45) is 0 Å². The Labute approximate surface area is 82.5 Å². The van der Waals surface area contributed by atoms with Gasteiger partial charge in [0.15, 0.2) is 0 Å². The lowest BCUT2D eigenvalue weighted by atomic mass is 10.3. The lowest BCUT2D eigenvalue weighted by molar-refractivity contribution is -0.148. The zero-order chi connectivity index (χ0) is 9.07. The molecule has 0 N–H and O–H groups in total. The van der Waals surface area contributed by atoms with Crippen LogP contribution in [-0.4, -0.2) is 26.5 Å². The second-order valence-corrected chi connectivity index (χ2v) is 5.60. The summed E-state index contributed by atoms with van der Waals surface area (Å²) >= 11 is 5.94. The van der Waals surface area contributed by atoms with Crippen molar-refractivity contribution in [1.82, 2.24) is 0 Å². The summed E-state index contributed by atoms with van der Waals surface area (Å²) in [6.45, 7) is 0. The van der Waals surface area contributed by atoms with Gasteiger partial charge in [-0.2, -0.15) is 13.2 Å². The maximum Gasteiger partial charge on any atom is 0.391 e. The van der Waals surface area contributed by atoms with Gasteiger partial charge in [-0.05, 0) is 0 Å². The van der Waals surface area contributed by atoms with Crippen LogP contribution in [0, 0.1) is 0 Å². The van der Waals surface area contributed by atoms with Gasteiger partial charge >= 0.3 is 6.18 Å². The van der Waals surface area contributed by atoms with E-state index in [0.717, 1.165) is 0 Å². The third kappa shape index (κ3) is 6.12. The third-order valence-corrected chi connectivity index (χ3v) is 2.80. The highest BCUT2D eigenvalue weighted by Gasteiger charge is 2.33. The molecule has 0 rings (SSSR count). The van der Waals surface area contributed by atoms with Gasteiger partial charge in [-0.25, -0.2) is 0 Å². The number of rotatable bonds is 3. The summed E-state index contributed by atoms with van der Waals surface area (Å²) in [5.41, 5.74) is 0. The molecular formula is C4H7Br2F3OSi. The zero-order valence-corrected chi connectivity index (χ0v) is 10.8. The molecule has 0 aromatic heterocycles. The molecule has 0 heterocycles. The smallest absolute Gasteiger partial charge is 0.391 e. The van der Waals surface area contributed by atoms with Crippen molar-refractivity contribution in [3.05, 3.63) is 0 Å². The summed E-state index contributed by atoms with van der Waals surface area (Å²) < 4.78 is 39.5. The van der Waals surface area contributed by atoms with Gasteiger partial charge < -0.3 is 4.43 Å². The Morgan fingerprint density at radius 2 is 1.82 bits per heavy atom. The van der Waals surface area contributed by atoms with Crippen molar-refractivity contribution in [1.29, 1.82) is 0 Å². The molecule has 1 atom stereocenters. The van der Waals surface area contributed by atoms with Crippen LogP contribution in [0.25, 0.3) is 0 Å². The van der Waals surface area contributed by atoms with Gasteiger partial charge in [0.25, 0.3) is 0 Å². The van der Waals surface area contributed by atoms with E-state index in [1.165, 1.54) is 0 Å². The van der Waals surface area contributed by atoms with Crippen LogP contribution in [0.15, 0.2) is 0 Å². The van der Waals surface area contributed by atoms with E-state index in [1.807, 2.05) is 0 Å². The fraction of sp³-hybridized carbons (Fsp3) is 1.00. The molecule has 1 nitrogen and oxygen atoms in total. The van der Waals surface area contributed by atoms with Crippen molar-refractivity contribution in [2.45, 2.75) is 22.4 Å². The van der Waals surface area contributed by atoms with Gasteiger partial charge in [-0.3, -0.25) is 0 Å². The molecule has 0 saturated carbocycles. The van der Waals surface area contributed by atoms with E-state index in [1.54, 1.807) is 0 Å². The maximum atomic E-state index is 11.7. The minimum Gasteiger partial charge on any atom is -0.423 e. The molecule has 0 aliphatic carbocycles. The second-order valence-electron chi connectivity index (χ2n) is 1.93. The Balaban J connectivity index is 3.88. The number of hydrogen-bond donors (Lipinski definition) is 0. The van der Waals surface area contributed by atoms with Crippen LogP contribution in [0.2, 0.25) is 0 Å². The molecule has 7 heteroatoms. The molecule has 0 fully saturated rings. The van der Waals surface area contributed by atoms with Gasteiger partial charge in [0.05, 0.1) is 16.3 Å². The Bertz CT molecular complexity index is 118. The van der Waals surface area contributed by atoms with Crippen LogP contribution in [0.1, 0.15) is 6.42 Å². The summed E-state index contributed by atoms with van der Waals surface area (Å²) in [7, 11) is 0.303. The predicted molar refractivity (Wildman–Crippen MR) is 47.1 cm³/mol. The molecule has 1 unspecified atom stereocenters. The quantitative estimate of drug-likeness (QED) is 0.569. The van der Waals surface area contributed by atoms with E-state index in [4.69, 9.17) is 4.43 Å². The van der Waals surface area contributed by atoms with Crippen molar-refractivity contribution < 1.29 is 17.6 Å². The molecule has 68 valence electrons. The topological polar surface area (TPSA) is 9.23 Å². The van der Waals surface area contributed by atoms with Crippen LogP contribution in [0.5, 0.6) is 0 Å². The normalized spacial score (nSPS) is 15.8. The van der Waals surface area contributed by atoms with Crippen molar-refractivity contribution in [2.75, 3.05) is 0 Å². The van der Waals surface area contributed by atoms with Crippen molar-refractivity contribution >= 4 is 42.3 Å². The lowest BCUT2D eigenvalue weighted by Crippen LogP contribution is -2.26. The highest BCUT2D eigenvalue weighted by atomic mass is 79.9. The maximum absolute atomic E-state index is 11.7. The van der Waals surface area contributed by atoms with E-state index in [0.29, 0.717) is 10.5 Å². The van der Waals surface area contributed by atoms with Crippen LogP contribution in [0.3, 0.4) is 0 Å². The lowest BCUT2D eigenvalue weighted by Gasteiger charge is -2.18. The summed E-state index contributed by atoms with van der Waals surface area (Å²) in [5, 5.41) is 0. The Hall–Kier alpha value is 0.927. The largest absolute Gasteiger partial charge is 0.423 e. The zero-order valence-electron chi connectivity index (χ0n) is 5.66. The molecule has 0 aromatic rings. The molecule has 0 radical (unpaired) electrons. The summed E-state index contributed by atoms with van der Waals surface area (Å²) in [6.07, 6.45) is -5.89. The molecule has 0 aliphatic rings. The van der Waals surface area contributed by atoms with Crippen LogP contribution >= 0.6 is 31.9 Å². The molecule has 0 aromatic carbocycles. The highest BCUT2D eigenvalue weighted by Crippen LogP contribution is 2.28. The Morgan fingerprint density at radius 3 is 1.91 bits per heavy atom. The fourth-order valence-corrected chi connectivity index (χ4v) is 2.54. The van der Waals surface area contributed by atoms with Crippen LogP contribution in [0.4, 0.5) is 13.2 Å². The molecule has 0 spiro atoms. The summed E-state index contributed by atoms with van der Waals surface area (Å²) in [6, 6.07) is 0. The molecule has 11 heavy (non-hydrogen) atoms. The minimum atomic E-state index is -4.16. The first-order valence-corrected chi connectivity index (χ1v) is 5.39. The molecule has 0 aliphatic heterocycles. The molecule has 0 bridgehead atoms. The fourth-order valence-electron chi connectivity index (χ4n) is 0.503. The van der Waals surface area contributed by atoms with E-state index in [-0.39, 0.29) is 0 Å². The first kappa shape index (κ1) is 11.9. The molecular weight excluding hydrogens is 309 g/mol. The van der Waals surface area contributed by atoms with E-state index >= 15 is 0 Å². The van der Waals surface area contributed by atoms with Gasteiger partial charge in [-0.15, -0.1) is 0 Å². The Kier molecular flexibility index (Phi) is 5.24. The first-order chi connectivity index (χ1) is 4.87. The monoisotopic (exact) mass is 314 g/mol. The van der Waals surface area contributed by atoms with Gasteiger partial charge in [0.2, 0.25) is 0 Å². The highest BCUT2D eigenvalue weighted by molar-refractivity contribution is 9.24. The van der Waals surface area contributed by atoms with Crippen molar-refractivity contribution in [3.63, 3.8) is 0 Å². The molecule has 0 amide bonds. The van der Waals surface area contributed by atoms with E-state index in [9.17, 15) is 13.2 Å². The number of alkyl halides is 5. The number of halogens is 5. The van der Waals surface area contributed by atoms with Crippen LogP contribution < -0.4 is 0 Å². The average molecular weight is 316 g/mol. The summed E-state index contributed by atoms with van der Waals surface area (Å²) in [4.78, 5) is 0. The van der Waals surface area contributed by atoms with Gasteiger partial charge in [0.1, 0.15) is 10.5 Å². The Morgan fingerprint density at radius 1 is 1.36 bits per heavy atom.